The van der Waals surface area contributed by atoms with Crippen LogP contribution in [0.25, 0.3) is 10.9 Å². The lowest BCUT2D eigenvalue weighted by Gasteiger charge is -2.34. The monoisotopic (exact) mass is 483 g/mol. The summed E-state index contributed by atoms with van der Waals surface area (Å²) in [5.41, 5.74) is 2.11. The summed E-state index contributed by atoms with van der Waals surface area (Å²) in [4.78, 5) is 17.1. The first-order valence-electron chi connectivity index (χ1n) is 12.3. The Hall–Kier alpha value is -3.20. The largest absolute Gasteiger partial charge is 0.503 e. The predicted octanol–water partition coefficient (Wildman–Crippen LogP) is 3.93. The molecular formula is C26H31F2N5O2. The summed E-state index contributed by atoms with van der Waals surface area (Å²) >= 11 is 0. The number of hydrogen-bond donors (Lipinski definition) is 2. The first kappa shape index (κ1) is 23.5. The number of nitrogens with zero attached hydrogens (tertiary/aromatic N) is 4. The Morgan fingerprint density at radius 1 is 1.06 bits per heavy atom. The number of likely N-dealkylation sites (N-methyl/N-ethyl adjacent to an activating group) is 1. The van der Waals surface area contributed by atoms with Crippen LogP contribution in [-0.2, 0) is 0 Å². The zero-order valence-electron chi connectivity index (χ0n) is 19.9. The highest BCUT2D eigenvalue weighted by atomic mass is 19.1. The van der Waals surface area contributed by atoms with Gasteiger partial charge in [-0.3, -0.25) is 9.48 Å². The number of rotatable bonds is 5. The normalized spacial score (nSPS) is 21.4. The van der Waals surface area contributed by atoms with Crippen LogP contribution in [0.5, 0.6) is 5.75 Å². The lowest BCUT2D eigenvalue weighted by molar-refractivity contribution is 0.0940. The van der Waals surface area contributed by atoms with Gasteiger partial charge < -0.3 is 20.2 Å². The van der Waals surface area contributed by atoms with Crippen molar-refractivity contribution in [3.63, 3.8) is 0 Å². The number of anilines is 1. The van der Waals surface area contributed by atoms with E-state index in [2.05, 4.69) is 51.2 Å². The molecule has 0 bridgehead atoms. The number of fused-ring (bicyclic) bond motifs is 1. The Balaban J connectivity index is 1.16. The molecule has 9 heteroatoms. The van der Waals surface area contributed by atoms with Crippen LogP contribution in [0.1, 0.15) is 42.1 Å². The number of aromatic hydroxyl groups is 1. The summed E-state index contributed by atoms with van der Waals surface area (Å²) in [5.74, 6) is -3.59. The maximum Gasteiger partial charge on any atom is 0.251 e. The van der Waals surface area contributed by atoms with Gasteiger partial charge in [-0.1, -0.05) is 0 Å². The molecular weight excluding hydrogens is 452 g/mol. The predicted molar refractivity (Wildman–Crippen MR) is 131 cm³/mol. The van der Waals surface area contributed by atoms with Crippen LogP contribution in [0.2, 0.25) is 0 Å². The molecule has 0 radical (unpaired) electrons. The third-order valence-corrected chi connectivity index (χ3v) is 7.40. The van der Waals surface area contributed by atoms with Gasteiger partial charge in [-0.05, 0) is 69.0 Å². The molecule has 2 aliphatic rings. The van der Waals surface area contributed by atoms with E-state index in [1.807, 2.05) is 0 Å². The molecule has 1 amide bonds. The molecule has 2 N–H and O–H groups in total. The Morgan fingerprint density at radius 3 is 2.43 bits per heavy atom. The first-order chi connectivity index (χ1) is 16.9. The molecule has 1 aromatic heterocycles. The fraction of sp³-hybridized carbons (Fsp3) is 0.462. The zero-order chi connectivity index (χ0) is 24.5. The van der Waals surface area contributed by atoms with Gasteiger partial charge in [-0.25, -0.2) is 8.78 Å². The van der Waals surface area contributed by atoms with Gasteiger partial charge in [0.05, 0.1) is 11.6 Å². The molecule has 0 spiro atoms. The molecule has 2 fully saturated rings. The second-order valence-corrected chi connectivity index (χ2v) is 9.82. The quantitative estimate of drug-likeness (QED) is 0.575. The summed E-state index contributed by atoms with van der Waals surface area (Å²) in [6, 6.07) is 8.55. The highest BCUT2D eigenvalue weighted by molar-refractivity contribution is 5.94. The molecule has 1 saturated heterocycles. The molecule has 1 aliphatic carbocycles. The van der Waals surface area contributed by atoms with E-state index in [1.165, 1.54) is 5.69 Å². The van der Waals surface area contributed by atoms with Crippen LogP contribution in [0.3, 0.4) is 0 Å². The molecule has 3 aromatic rings. The number of phenols is 1. The summed E-state index contributed by atoms with van der Waals surface area (Å²) in [6.45, 7) is 4.64. The van der Waals surface area contributed by atoms with E-state index in [9.17, 15) is 18.7 Å². The Morgan fingerprint density at radius 2 is 1.74 bits per heavy atom. The van der Waals surface area contributed by atoms with Crippen LogP contribution in [0.15, 0.2) is 36.5 Å². The van der Waals surface area contributed by atoms with Crippen molar-refractivity contribution >= 4 is 22.5 Å². The second-order valence-electron chi connectivity index (χ2n) is 9.82. The number of halogens is 2. The molecule has 35 heavy (non-hydrogen) atoms. The van der Waals surface area contributed by atoms with E-state index >= 15 is 0 Å². The average molecular weight is 484 g/mol. The van der Waals surface area contributed by atoms with Gasteiger partial charge in [-0.15, -0.1) is 0 Å². The van der Waals surface area contributed by atoms with Crippen LogP contribution >= 0.6 is 0 Å². The van der Waals surface area contributed by atoms with Gasteiger partial charge in [-0.2, -0.15) is 5.10 Å². The molecule has 7 nitrogen and oxygen atoms in total. The number of amides is 1. The van der Waals surface area contributed by atoms with Gasteiger partial charge in [0.25, 0.3) is 5.91 Å². The van der Waals surface area contributed by atoms with E-state index in [0.29, 0.717) is 18.5 Å². The van der Waals surface area contributed by atoms with Crippen molar-refractivity contribution in [2.24, 2.45) is 5.92 Å². The van der Waals surface area contributed by atoms with E-state index < -0.39 is 23.3 Å². The number of hydrogen-bond acceptors (Lipinski definition) is 5. The summed E-state index contributed by atoms with van der Waals surface area (Å²) in [5, 5.41) is 18.0. The number of piperazine rings is 1. The van der Waals surface area contributed by atoms with E-state index in [0.717, 1.165) is 74.9 Å². The van der Waals surface area contributed by atoms with Crippen molar-refractivity contribution in [1.29, 1.82) is 0 Å². The molecule has 0 atom stereocenters. The fourth-order valence-corrected chi connectivity index (χ4v) is 5.12. The first-order valence-corrected chi connectivity index (χ1v) is 12.3. The lowest BCUT2D eigenvalue weighted by atomic mass is 9.86. The third kappa shape index (κ3) is 5.10. The molecule has 1 saturated carbocycles. The Kier molecular flexibility index (Phi) is 6.60. The van der Waals surface area contributed by atoms with Crippen LogP contribution in [0.4, 0.5) is 14.5 Å². The fourth-order valence-electron chi connectivity index (χ4n) is 5.12. The second kappa shape index (κ2) is 9.81. The minimum absolute atomic E-state index is 0.134. The van der Waals surface area contributed by atoms with Crippen LogP contribution < -0.4 is 10.2 Å². The third-order valence-electron chi connectivity index (χ3n) is 7.40. The Labute approximate surface area is 203 Å². The van der Waals surface area contributed by atoms with Gasteiger partial charge in [0.2, 0.25) is 0 Å². The van der Waals surface area contributed by atoms with Gasteiger partial charge in [0.15, 0.2) is 17.4 Å². The summed E-state index contributed by atoms with van der Waals surface area (Å²) < 4.78 is 29.1. The van der Waals surface area contributed by atoms with E-state index in [4.69, 9.17) is 5.10 Å². The number of carbonyl (C=O) groups is 1. The van der Waals surface area contributed by atoms with Crippen molar-refractivity contribution in [3.05, 3.63) is 53.7 Å². The number of nitrogens with one attached hydrogen (secondary N) is 1. The Bertz CT molecular complexity index is 1190. The molecule has 0 unspecified atom stereocenters. The van der Waals surface area contributed by atoms with Crippen molar-refractivity contribution in [2.45, 2.75) is 31.7 Å². The minimum atomic E-state index is -1.14. The number of benzene rings is 2. The topological polar surface area (TPSA) is 73.6 Å². The SMILES string of the molecule is CN1CCN(c2ccc3cn([C@H]4CC[C@H](CNC(=O)c5cc(F)c(O)c(F)c5)CC4)nc3c2)CC1. The smallest absolute Gasteiger partial charge is 0.251 e. The van der Waals surface area contributed by atoms with Gasteiger partial charge in [0, 0.05) is 55.6 Å². The van der Waals surface area contributed by atoms with Gasteiger partial charge in [0.1, 0.15) is 0 Å². The van der Waals surface area contributed by atoms with Gasteiger partial charge >= 0.3 is 0 Å². The van der Waals surface area contributed by atoms with E-state index in [1.54, 1.807) is 0 Å². The molecule has 2 aromatic carbocycles. The van der Waals surface area contributed by atoms with Crippen molar-refractivity contribution in [2.75, 3.05) is 44.7 Å². The highest BCUT2D eigenvalue weighted by Crippen LogP contribution is 2.33. The number of phenolic OH excluding ortho intramolecular Hbond substituents is 1. The van der Waals surface area contributed by atoms with Crippen molar-refractivity contribution in [3.8, 4) is 5.75 Å². The van der Waals surface area contributed by atoms with Crippen molar-refractivity contribution < 1.29 is 18.7 Å². The highest BCUT2D eigenvalue weighted by Gasteiger charge is 2.24. The maximum atomic E-state index is 13.5. The standard InChI is InChI=1S/C26H31F2N5O2/c1-31-8-10-32(11-9-31)21-7-4-18-16-33(30-24(18)14-21)20-5-2-17(3-6-20)15-29-26(35)19-12-22(27)25(34)23(28)13-19/h4,7,12-14,16-17,20,34H,2-3,5-6,8-11,15H2,1H3,(H,29,35)/t17-,20-. The molecule has 1 aliphatic heterocycles. The summed E-state index contributed by atoms with van der Waals surface area (Å²) in [6.07, 6.45) is 5.92. The lowest BCUT2D eigenvalue weighted by Crippen LogP contribution is -2.44. The number of aromatic nitrogens is 2. The van der Waals surface area contributed by atoms with Crippen LogP contribution in [0, 0.1) is 17.6 Å². The zero-order valence-corrected chi connectivity index (χ0v) is 19.9. The summed E-state index contributed by atoms with van der Waals surface area (Å²) in [7, 11) is 2.16. The minimum Gasteiger partial charge on any atom is -0.503 e. The molecule has 5 rings (SSSR count). The van der Waals surface area contributed by atoms with E-state index in [-0.39, 0.29) is 5.56 Å². The maximum absolute atomic E-state index is 13.5. The van der Waals surface area contributed by atoms with Crippen LogP contribution in [-0.4, -0.2) is 65.5 Å². The molecule has 186 valence electrons. The number of carbonyl (C=O) groups excluding carboxylic acids is 1. The van der Waals surface area contributed by atoms with Crippen molar-refractivity contribution in [1.82, 2.24) is 20.0 Å². The average Bonchev–Trinajstić information content (AvgIpc) is 3.30. The molecule has 2 heterocycles.